The van der Waals surface area contributed by atoms with Gasteiger partial charge in [0.05, 0.1) is 12.2 Å². The Morgan fingerprint density at radius 1 is 1.30 bits per heavy atom. The van der Waals surface area contributed by atoms with Crippen molar-refractivity contribution in [1.82, 2.24) is 19.8 Å². The van der Waals surface area contributed by atoms with Gasteiger partial charge in [-0.3, -0.25) is 9.59 Å². The van der Waals surface area contributed by atoms with Crippen LogP contribution in [0.5, 0.6) is 0 Å². The van der Waals surface area contributed by atoms with Gasteiger partial charge in [-0.25, -0.2) is 9.97 Å². The van der Waals surface area contributed by atoms with E-state index in [1.807, 2.05) is 41.3 Å². The number of hydrogen-bond acceptors (Lipinski definition) is 5. The zero-order chi connectivity index (χ0) is 19.4. The number of hydrogen-bond donors (Lipinski definition) is 1. The molecule has 2 aromatic rings. The molecule has 27 heavy (non-hydrogen) atoms. The van der Waals surface area contributed by atoms with Crippen LogP contribution >= 0.6 is 0 Å². The Bertz CT molecular complexity index is 824. The fourth-order valence-corrected chi connectivity index (χ4v) is 3.18. The van der Waals surface area contributed by atoms with Crippen LogP contribution in [0, 0.1) is 0 Å². The summed E-state index contributed by atoms with van der Waals surface area (Å²) >= 11 is 0. The number of carbonyl (C=O) groups is 2. The molecule has 1 saturated heterocycles. The van der Waals surface area contributed by atoms with Gasteiger partial charge in [0.15, 0.2) is 0 Å². The van der Waals surface area contributed by atoms with Crippen molar-refractivity contribution in [3.8, 4) is 0 Å². The van der Waals surface area contributed by atoms with Gasteiger partial charge in [-0.05, 0) is 5.56 Å². The summed E-state index contributed by atoms with van der Waals surface area (Å²) in [5.74, 6) is 1.39. The third kappa shape index (κ3) is 4.61. The van der Waals surface area contributed by atoms with Gasteiger partial charge in [0.25, 0.3) is 0 Å². The standard InChI is InChI=1S/C20H25N5O2/c1-14(26)24(3)13-19-22-17(10-18(21-2)23-19)16-9-20(27)25(12-16)11-15-7-5-4-6-8-15/h4-8,10,16H,9,11-13H2,1-3H3,(H,21,22,23)/t16-/m0/s1. The summed E-state index contributed by atoms with van der Waals surface area (Å²) in [6.07, 6.45) is 0.439. The van der Waals surface area contributed by atoms with Crippen molar-refractivity contribution in [2.45, 2.75) is 32.4 Å². The second-order valence-electron chi connectivity index (χ2n) is 6.88. The average molecular weight is 367 g/mol. The molecule has 0 spiro atoms. The molecule has 0 aliphatic carbocycles. The van der Waals surface area contributed by atoms with Crippen LogP contribution in [0.2, 0.25) is 0 Å². The fourth-order valence-electron chi connectivity index (χ4n) is 3.18. The molecule has 1 aromatic heterocycles. The van der Waals surface area contributed by atoms with Gasteiger partial charge in [0, 0.05) is 52.5 Å². The van der Waals surface area contributed by atoms with Crippen LogP contribution in [0.15, 0.2) is 36.4 Å². The van der Waals surface area contributed by atoms with Gasteiger partial charge in [0.2, 0.25) is 11.8 Å². The lowest BCUT2D eigenvalue weighted by molar-refractivity contribution is -0.128. The van der Waals surface area contributed by atoms with E-state index < -0.39 is 0 Å². The van der Waals surface area contributed by atoms with Crippen LogP contribution in [0.25, 0.3) is 0 Å². The molecule has 142 valence electrons. The Morgan fingerprint density at radius 3 is 2.70 bits per heavy atom. The monoisotopic (exact) mass is 367 g/mol. The van der Waals surface area contributed by atoms with Gasteiger partial charge in [0.1, 0.15) is 11.6 Å². The van der Waals surface area contributed by atoms with Crippen molar-refractivity contribution >= 4 is 17.6 Å². The number of likely N-dealkylation sites (tertiary alicyclic amines) is 1. The number of aromatic nitrogens is 2. The maximum atomic E-state index is 12.5. The number of rotatable bonds is 6. The van der Waals surface area contributed by atoms with E-state index in [1.165, 1.54) is 6.92 Å². The molecular formula is C20H25N5O2. The van der Waals surface area contributed by atoms with Gasteiger partial charge < -0.3 is 15.1 Å². The van der Waals surface area contributed by atoms with E-state index in [0.29, 0.717) is 37.7 Å². The minimum atomic E-state index is -0.0416. The van der Waals surface area contributed by atoms with Crippen LogP contribution < -0.4 is 5.32 Å². The summed E-state index contributed by atoms with van der Waals surface area (Å²) in [6.45, 7) is 3.10. The molecule has 1 fully saturated rings. The van der Waals surface area contributed by atoms with E-state index in [9.17, 15) is 9.59 Å². The Hall–Kier alpha value is -2.96. The molecule has 2 amide bonds. The van der Waals surface area contributed by atoms with Crippen molar-refractivity contribution in [3.63, 3.8) is 0 Å². The highest BCUT2D eigenvalue weighted by Gasteiger charge is 2.32. The zero-order valence-corrected chi connectivity index (χ0v) is 16.0. The first-order valence-corrected chi connectivity index (χ1v) is 9.05. The minimum Gasteiger partial charge on any atom is -0.373 e. The third-order valence-corrected chi connectivity index (χ3v) is 4.81. The SMILES string of the molecule is CNc1cc([C@H]2CC(=O)N(Cc3ccccc3)C2)nc(CN(C)C(C)=O)n1. The molecular weight excluding hydrogens is 342 g/mol. The first-order chi connectivity index (χ1) is 13.0. The molecule has 1 aromatic carbocycles. The normalized spacial score (nSPS) is 16.5. The van der Waals surface area contributed by atoms with Crippen LogP contribution in [-0.4, -0.2) is 52.2 Å². The van der Waals surface area contributed by atoms with Crippen LogP contribution in [0.1, 0.15) is 36.3 Å². The number of nitrogens with one attached hydrogen (secondary N) is 1. The summed E-state index contributed by atoms with van der Waals surface area (Å²) < 4.78 is 0. The lowest BCUT2D eigenvalue weighted by atomic mass is 10.0. The molecule has 1 aliphatic rings. The molecule has 2 heterocycles. The Balaban J connectivity index is 1.77. The van der Waals surface area contributed by atoms with E-state index in [0.717, 1.165) is 11.3 Å². The summed E-state index contributed by atoms with van der Waals surface area (Å²) in [4.78, 5) is 36.5. The van der Waals surface area contributed by atoms with Crippen molar-refractivity contribution in [2.24, 2.45) is 0 Å². The lowest BCUT2D eigenvalue weighted by Crippen LogP contribution is -2.25. The fraction of sp³-hybridized carbons (Fsp3) is 0.400. The molecule has 1 N–H and O–H groups in total. The molecule has 0 radical (unpaired) electrons. The lowest BCUT2D eigenvalue weighted by Gasteiger charge is -2.18. The van der Waals surface area contributed by atoms with Crippen molar-refractivity contribution in [2.75, 3.05) is 26.0 Å². The van der Waals surface area contributed by atoms with E-state index in [1.54, 1.807) is 19.0 Å². The predicted molar refractivity (Wildman–Crippen MR) is 103 cm³/mol. The van der Waals surface area contributed by atoms with Crippen LogP contribution in [-0.2, 0) is 22.7 Å². The third-order valence-electron chi connectivity index (χ3n) is 4.81. The topological polar surface area (TPSA) is 78.4 Å². The molecule has 7 heteroatoms. The molecule has 1 atom stereocenters. The molecule has 7 nitrogen and oxygen atoms in total. The van der Waals surface area contributed by atoms with Gasteiger partial charge >= 0.3 is 0 Å². The summed E-state index contributed by atoms with van der Waals surface area (Å²) in [5.41, 5.74) is 1.96. The quantitative estimate of drug-likeness (QED) is 0.845. The summed E-state index contributed by atoms with van der Waals surface area (Å²) in [5, 5.41) is 3.04. The molecule has 0 unspecified atom stereocenters. The van der Waals surface area contributed by atoms with Crippen molar-refractivity contribution < 1.29 is 9.59 Å². The Kier molecular flexibility index (Phi) is 5.69. The van der Waals surface area contributed by atoms with E-state index in [-0.39, 0.29) is 17.7 Å². The second kappa shape index (κ2) is 8.16. The largest absolute Gasteiger partial charge is 0.373 e. The Morgan fingerprint density at radius 2 is 2.04 bits per heavy atom. The molecule has 0 bridgehead atoms. The average Bonchev–Trinajstić information content (AvgIpc) is 3.02. The Labute approximate surface area is 159 Å². The van der Waals surface area contributed by atoms with E-state index >= 15 is 0 Å². The van der Waals surface area contributed by atoms with Gasteiger partial charge in [-0.1, -0.05) is 30.3 Å². The van der Waals surface area contributed by atoms with Crippen LogP contribution in [0.3, 0.4) is 0 Å². The smallest absolute Gasteiger partial charge is 0.223 e. The first kappa shape index (κ1) is 18.8. The maximum Gasteiger partial charge on any atom is 0.223 e. The number of carbonyl (C=O) groups excluding carboxylic acids is 2. The predicted octanol–water partition coefficient (Wildman–Crippen LogP) is 2.01. The number of nitrogens with zero attached hydrogens (tertiary/aromatic N) is 4. The maximum absolute atomic E-state index is 12.5. The minimum absolute atomic E-state index is 0.0256. The van der Waals surface area contributed by atoms with Crippen LogP contribution in [0.4, 0.5) is 5.82 Å². The summed E-state index contributed by atoms with van der Waals surface area (Å²) in [7, 11) is 3.52. The number of anilines is 1. The first-order valence-electron chi connectivity index (χ1n) is 9.05. The highest BCUT2D eigenvalue weighted by Crippen LogP contribution is 2.29. The zero-order valence-electron chi connectivity index (χ0n) is 16.0. The van der Waals surface area contributed by atoms with E-state index in [2.05, 4.69) is 15.3 Å². The molecule has 3 rings (SSSR count). The van der Waals surface area contributed by atoms with E-state index in [4.69, 9.17) is 0 Å². The second-order valence-corrected chi connectivity index (χ2v) is 6.88. The van der Waals surface area contributed by atoms with Gasteiger partial charge in [-0.15, -0.1) is 0 Å². The highest BCUT2D eigenvalue weighted by atomic mass is 16.2. The summed E-state index contributed by atoms with van der Waals surface area (Å²) in [6, 6.07) is 11.9. The molecule has 1 aliphatic heterocycles. The van der Waals surface area contributed by atoms with Crippen molar-refractivity contribution in [3.05, 3.63) is 53.5 Å². The number of benzene rings is 1. The van der Waals surface area contributed by atoms with Crippen molar-refractivity contribution in [1.29, 1.82) is 0 Å². The van der Waals surface area contributed by atoms with Gasteiger partial charge in [-0.2, -0.15) is 0 Å². The number of amides is 2. The highest BCUT2D eigenvalue weighted by molar-refractivity contribution is 5.79. The molecule has 0 saturated carbocycles.